The number of hydrogen-bond acceptors (Lipinski definition) is 4. The highest BCUT2D eigenvalue weighted by atomic mass is 19.1. The first-order chi connectivity index (χ1) is 11.9. The number of rotatable bonds is 6. The molecular weight excluding hydrogens is 334 g/mol. The maximum absolute atomic E-state index is 13.5. The van der Waals surface area contributed by atoms with Crippen molar-refractivity contribution in [3.63, 3.8) is 0 Å². The number of anilines is 2. The van der Waals surface area contributed by atoms with Crippen molar-refractivity contribution in [3.8, 4) is 11.5 Å². The fraction of sp³-hybridized carbons (Fsp3) is 0.176. The lowest BCUT2D eigenvalue weighted by Crippen LogP contribution is -2.22. The van der Waals surface area contributed by atoms with Crippen molar-refractivity contribution in [2.75, 3.05) is 24.9 Å². The molecule has 0 aliphatic heterocycles. The molecule has 25 heavy (non-hydrogen) atoms. The van der Waals surface area contributed by atoms with Gasteiger partial charge in [-0.2, -0.15) is 0 Å². The van der Waals surface area contributed by atoms with Crippen LogP contribution in [0.5, 0.6) is 11.5 Å². The minimum atomic E-state index is -0.925. The smallest absolute Gasteiger partial charge is 0.233 e. The molecule has 0 spiro atoms. The molecule has 0 atom stereocenters. The number of halogens is 2. The van der Waals surface area contributed by atoms with E-state index in [9.17, 15) is 18.4 Å². The summed E-state index contributed by atoms with van der Waals surface area (Å²) >= 11 is 0. The molecule has 0 saturated heterocycles. The third kappa shape index (κ3) is 4.66. The lowest BCUT2D eigenvalue weighted by Gasteiger charge is -2.12. The maximum atomic E-state index is 13.5. The molecule has 2 aromatic carbocycles. The molecule has 0 unspecified atom stereocenters. The van der Waals surface area contributed by atoms with Gasteiger partial charge in [-0.3, -0.25) is 9.59 Å². The fourth-order valence-electron chi connectivity index (χ4n) is 2.04. The molecule has 8 heteroatoms. The van der Waals surface area contributed by atoms with Crippen LogP contribution in [0.25, 0.3) is 0 Å². The topological polar surface area (TPSA) is 76.7 Å². The predicted molar refractivity (Wildman–Crippen MR) is 87.8 cm³/mol. The molecule has 2 aromatic rings. The summed E-state index contributed by atoms with van der Waals surface area (Å²) in [6, 6.07) is 7.88. The Hall–Kier alpha value is -3.16. The number of amides is 2. The van der Waals surface area contributed by atoms with E-state index < -0.39 is 35.6 Å². The van der Waals surface area contributed by atoms with Crippen LogP contribution in [-0.2, 0) is 9.59 Å². The number of benzene rings is 2. The molecule has 0 saturated carbocycles. The first kappa shape index (κ1) is 18.2. The zero-order chi connectivity index (χ0) is 18.4. The second-order valence-corrected chi connectivity index (χ2v) is 4.94. The van der Waals surface area contributed by atoms with Crippen LogP contribution < -0.4 is 20.1 Å². The Morgan fingerprint density at radius 3 is 2.20 bits per heavy atom. The zero-order valence-electron chi connectivity index (χ0n) is 13.6. The third-order valence-corrected chi connectivity index (χ3v) is 3.23. The van der Waals surface area contributed by atoms with Gasteiger partial charge in [0.15, 0.2) is 0 Å². The molecule has 0 aliphatic rings. The highest BCUT2D eigenvalue weighted by Gasteiger charge is 2.16. The van der Waals surface area contributed by atoms with Gasteiger partial charge in [-0.25, -0.2) is 8.78 Å². The van der Waals surface area contributed by atoms with Crippen molar-refractivity contribution in [1.29, 1.82) is 0 Å². The number of carbonyl (C=O) groups is 2. The van der Waals surface area contributed by atoms with Crippen molar-refractivity contribution >= 4 is 23.2 Å². The van der Waals surface area contributed by atoms with Gasteiger partial charge in [-0.1, -0.05) is 6.07 Å². The van der Waals surface area contributed by atoms with Crippen LogP contribution in [0.15, 0.2) is 36.4 Å². The van der Waals surface area contributed by atoms with Crippen molar-refractivity contribution in [2.24, 2.45) is 0 Å². The number of hydrogen-bond donors (Lipinski definition) is 2. The van der Waals surface area contributed by atoms with Gasteiger partial charge in [0.2, 0.25) is 11.8 Å². The van der Waals surface area contributed by atoms with Gasteiger partial charge in [-0.05, 0) is 24.3 Å². The second kappa shape index (κ2) is 8.09. The lowest BCUT2D eigenvalue weighted by atomic mass is 10.2. The Kier molecular flexibility index (Phi) is 5.89. The van der Waals surface area contributed by atoms with E-state index in [-0.39, 0.29) is 0 Å². The number of para-hydroxylation sites is 1. The Balaban J connectivity index is 2.01. The third-order valence-electron chi connectivity index (χ3n) is 3.23. The molecule has 2 amide bonds. The summed E-state index contributed by atoms with van der Waals surface area (Å²) in [4.78, 5) is 23.8. The largest absolute Gasteiger partial charge is 0.497 e. The maximum Gasteiger partial charge on any atom is 0.233 e. The number of methoxy groups -OCH3 is 2. The van der Waals surface area contributed by atoms with Gasteiger partial charge in [0.1, 0.15) is 35.2 Å². The highest BCUT2D eigenvalue weighted by Crippen LogP contribution is 2.29. The number of nitrogens with one attached hydrogen (secondary N) is 2. The van der Waals surface area contributed by atoms with E-state index in [2.05, 4.69) is 5.32 Å². The van der Waals surface area contributed by atoms with Crippen LogP contribution in [0.4, 0.5) is 20.2 Å². The predicted octanol–water partition coefficient (Wildman–Crippen LogP) is 2.95. The minimum Gasteiger partial charge on any atom is -0.497 e. The summed E-state index contributed by atoms with van der Waals surface area (Å²) in [5, 5.41) is 4.53. The minimum absolute atomic E-state index is 0.332. The molecule has 0 fully saturated rings. The van der Waals surface area contributed by atoms with E-state index in [1.807, 2.05) is 5.32 Å². The first-order valence-corrected chi connectivity index (χ1v) is 7.20. The summed E-state index contributed by atoms with van der Waals surface area (Å²) < 4.78 is 37.1. The average Bonchev–Trinajstić information content (AvgIpc) is 2.58. The summed E-state index contributed by atoms with van der Waals surface area (Å²) in [6.45, 7) is 0. The van der Waals surface area contributed by atoms with Gasteiger partial charge in [0.05, 0.1) is 19.9 Å². The normalized spacial score (nSPS) is 10.1. The van der Waals surface area contributed by atoms with E-state index in [0.717, 1.165) is 12.1 Å². The van der Waals surface area contributed by atoms with E-state index >= 15 is 0 Å². The Bertz CT molecular complexity index is 776. The molecule has 6 nitrogen and oxygen atoms in total. The van der Waals surface area contributed by atoms with Crippen LogP contribution >= 0.6 is 0 Å². The van der Waals surface area contributed by atoms with Crippen molar-refractivity contribution in [2.45, 2.75) is 6.42 Å². The molecular formula is C17H16F2N2O4. The summed E-state index contributed by atoms with van der Waals surface area (Å²) in [6.07, 6.45) is -0.622. The van der Waals surface area contributed by atoms with Crippen molar-refractivity contribution in [1.82, 2.24) is 0 Å². The first-order valence-electron chi connectivity index (χ1n) is 7.20. The summed E-state index contributed by atoms with van der Waals surface area (Å²) in [5.74, 6) is -2.50. The molecule has 2 N–H and O–H groups in total. The van der Waals surface area contributed by atoms with E-state index in [1.165, 1.54) is 20.3 Å². The van der Waals surface area contributed by atoms with E-state index in [4.69, 9.17) is 9.47 Å². The Labute approximate surface area is 142 Å². The SMILES string of the molecule is COc1ccc(NC(=O)CC(=O)Nc2c(F)cccc2F)c(OC)c1. The molecule has 2 rings (SSSR count). The number of ether oxygens (including phenoxy) is 2. The summed E-state index contributed by atoms with van der Waals surface area (Å²) in [5.41, 5.74) is -0.263. The molecule has 0 aromatic heterocycles. The fourth-order valence-corrected chi connectivity index (χ4v) is 2.04. The average molecular weight is 350 g/mol. The van der Waals surface area contributed by atoms with Crippen molar-refractivity contribution < 1.29 is 27.8 Å². The highest BCUT2D eigenvalue weighted by molar-refractivity contribution is 6.08. The standard InChI is InChI=1S/C17H16F2N2O4/c1-24-10-6-7-13(14(8-10)25-2)20-15(22)9-16(23)21-17-11(18)4-3-5-12(17)19/h3-8H,9H2,1-2H3,(H,20,22)(H,21,23). The second-order valence-electron chi connectivity index (χ2n) is 4.94. The van der Waals surface area contributed by atoms with Gasteiger partial charge in [0.25, 0.3) is 0 Å². The van der Waals surface area contributed by atoms with Gasteiger partial charge in [-0.15, -0.1) is 0 Å². The van der Waals surface area contributed by atoms with E-state index in [1.54, 1.807) is 18.2 Å². The molecule has 0 bridgehead atoms. The van der Waals surface area contributed by atoms with Crippen LogP contribution in [-0.4, -0.2) is 26.0 Å². The monoisotopic (exact) mass is 350 g/mol. The van der Waals surface area contributed by atoms with Crippen LogP contribution in [0.3, 0.4) is 0 Å². The van der Waals surface area contributed by atoms with Crippen LogP contribution in [0.1, 0.15) is 6.42 Å². The Morgan fingerprint density at radius 2 is 1.60 bits per heavy atom. The molecule has 132 valence electrons. The Morgan fingerprint density at radius 1 is 0.960 bits per heavy atom. The zero-order valence-corrected chi connectivity index (χ0v) is 13.6. The molecule has 0 aliphatic carbocycles. The molecule has 0 heterocycles. The number of carbonyl (C=O) groups excluding carboxylic acids is 2. The summed E-state index contributed by atoms with van der Waals surface area (Å²) in [7, 11) is 2.90. The van der Waals surface area contributed by atoms with Gasteiger partial charge >= 0.3 is 0 Å². The lowest BCUT2D eigenvalue weighted by molar-refractivity contribution is -0.123. The van der Waals surface area contributed by atoms with Gasteiger partial charge in [0, 0.05) is 6.07 Å². The van der Waals surface area contributed by atoms with Crippen LogP contribution in [0, 0.1) is 11.6 Å². The molecule has 0 radical (unpaired) electrons. The quantitative estimate of drug-likeness (QED) is 0.786. The van der Waals surface area contributed by atoms with Crippen LogP contribution in [0.2, 0.25) is 0 Å². The van der Waals surface area contributed by atoms with E-state index in [0.29, 0.717) is 17.2 Å². The van der Waals surface area contributed by atoms with Crippen molar-refractivity contribution in [3.05, 3.63) is 48.0 Å². The van der Waals surface area contributed by atoms with Gasteiger partial charge < -0.3 is 20.1 Å².